The number of anilines is 1. The van der Waals surface area contributed by atoms with Gasteiger partial charge in [0.2, 0.25) is 0 Å². The van der Waals surface area contributed by atoms with Gasteiger partial charge in [-0.3, -0.25) is 0 Å². The molecule has 0 radical (unpaired) electrons. The lowest BCUT2D eigenvalue weighted by atomic mass is 10.1. The lowest BCUT2D eigenvalue weighted by Crippen LogP contribution is -2.15. The fraction of sp³-hybridized carbons (Fsp3) is 0.250. The van der Waals surface area contributed by atoms with Gasteiger partial charge in [0.25, 0.3) is 0 Å². The van der Waals surface area contributed by atoms with Crippen molar-refractivity contribution in [3.05, 3.63) is 21.5 Å². The topological polar surface area (TPSA) is 57.4 Å². The molecule has 0 aliphatic carbocycles. The summed E-state index contributed by atoms with van der Waals surface area (Å²) in [5.41, 5.74) is 7.89. The fourth-order valence-electron chi connectivity index (χ4n) is 1.85. The van der Waals surface area contributed by atoms with Crippen LogP contribution in [0.15, 0.2) is 15.9 Å². The third-order valence-corrected chi connectivity index (χ3v) is 4.51. The second-order valence-corrected chi connectivity index (χ2v) is 6.31. The van der Waals surface area contributed by atoms with Crippen molar-refractivity contribution >= 4 is 33.1 Å². The van der Waals surface area contributed by atoms with Crippen LogP contribution in [0.3, 0.4) is 0 Å². The van der Waals surface area contributed by atoms with Gasteiger partial charge in [-0.05, 0) is 40.5 Å². The molecule has 3 rings (SSSR count). The highest BCUT2D eigenvalue weighted by atomic mass is 79.9. The molecule has 2 N–H and O–H groups in total. The van der Waals surface area contributed by atoms with E-state index in [1.165, 1.54) is 11.3 Å². The van der Waals surface area contributed by atoms with Crippen molar-refractivity contribution in [3.63, 3.8) is 0 Å². The van der Waals surface area contributed by atoms with E-state index in [9.17, 15) is 0 Å². The van der Waals surface area contributed by atoms with E-state index in [0.29, 0.717) is 19.0 Å². The van der Waals surface area contributed by atoms with Gasteiger partial charge in [-0.25, -0.2) is 4.98 Å². The van der Waals surface area contributed by atoms with E-state index in [-0.39, 0.29) is 0 Å². The molecule has 4 nitrogen and oxygen atoms in total. The smallest absolute Gasteiger partial charge is 0.162 e. The maximum atomic E-state index is 5.76. The van der Waals surface area contributed by atoms with Gasteiger partial charge in [-0.1, -0.05) is 0 Å². The van der Waals surface area contributed by atoms with Crippen LogP contribution >= 0.6 is 27.3 Å². The predicted octanol–water partition coefficient (Wildman–Crippen LogP) is 3.23. The number of benzene rings is 1. The molecule has 0 amide bonds. The lowest BCUT2D eigenvalue weighted by Gasteiger charge is -2.19. The van der Waals surface area contributed by atoms with E-state index in [0.717, 1.165) is 31.4 Å². The number of nitrogens with zero attached hydrogens (tertiary/aromatic N) is 1. The molecule has 0 fully saturated rings. The Morgan fingerprint density at radius 1 is 1.28 bits per heavy atom. The van der Waals surface area contributed by atoms with Gasteiger partial charge in [0.1, 0.15) is 27.8 Å². The number of ether oxygens (including phenoxy) is 2. The zero-order chi connectivity index (χ0) is 12.7. The van der Waals surface area contributed by atoms with E-state index >= 15 is 0 Å². The normalized spacial score (nSPS) is 13.7. The van der Waals surface area contributed by atoms with Gasteiger partial charge in [-0.15, -0.1) is 11.3 Å². The number of rotatable bonds is 1. The Labute approximate surface area is 117 Å². The van der Waals surface area contributed by atoms with Crippen LogP contribution in [0, 0.1) is 6.92 Å². The summed E-state index contributed by atoms with van der Waals surface area (Å²) in [6.45, 7) is 3.21. The number of fused-ring (bicyclic) bond motifs is 1. The van der Waals surface area contributed by atoms with Gasteiger partial charge in [0.15, 0.2) is 11.5 Å². The molecular weight excluding hydrogens is 316 g/mol. The summed E-state index contributed by atoms with van der Waals surface area (Å²) in [7, 11) is 0. The van der Waals surface area contributed by atoms with E-state index in [1.54, 1.807) is 0 Å². The molecule has 6 heteroatoms. The largest absolute Gasteiger partial charge is 0.486 e. The first-order valence-electron chi connectivity index (χ1n) is 5.47. The maximum Gasteiger partial charge on any atom is 0.162 e. The van der Waals surface area contributed by atoms with Crippen molar-refractivity contribution < 1.29 is 9.47 Å². The highest BCUT2D eigenvalue weighted by molar-refractivity contribution is 9.11. The summed E-state index contributed by atoms with van der Waals surface area (Å²) in [6, 6.07) is 3.95. The predicted molar refractivity (Wildman–Crippen MR) is 75.4 cm³/mol. The number of halogens is 1. The Hall–Kier alpha value is -1.27. The summed E-state index contributed by atoms with van der Waals surface area (Å²) in [5, 5.41) is 0.883. The number of thiazole rings is 1. The molecular formula is C12H11BrN2O2S. The average molecular weight is 327 g/mol. The van der Waals surface area contributed by atoms with Crippen LogP contribution in [-0.4, -0.2) is 18.2 Å². The van der Waals surface area contributed by atoms with Crippen LogP contribution in [0.4, 0.5) is 5.82 Å². The molecule has 0 unspecified atom stereocenters. The Morgan fingerprint density at radius 3 is 2.56 bits per heavy atom. The number of aryl methyl sites for hydroxylation is 1. The van der Waals surface area contributed by atoms with Crippen molar-refractivity contribution in [2.24, 2.45) is 0 Å². The van der Waals surface area contributed by atoms with Crippen LogP contribution in [0.25, 0.3) is 10.6 Å². The van der Waals surface area contributed by atoms with E-state index < -0.39 is 0 Å². The molecule has 0 bridgehead atoms. The second-order valence-electron chi connectivity index (χ2n) is 3.99. The minimum absolute atomic E-state index is 0.518. The van der Waals surface area contributed by atoms with Crippen molar-refractivity contribution in [2.45, 2.75) is 6.92 Å². The van der Waals surface area contributed by atoms with Crippen molar-refractivity contribution in [2.75, 3.05) is 18.9 Å². The van der Waals surface area contributed by atoms with Crippen LogP contribution in [0.5, 0.6) is 11.5 Å². The summed E-state index contributed by atoms with van der Waals surface area (Å²) in [4.78, 5) is 4.34. The van der Waals surface area contributed by atoms with Gasteiger partial charge >= 0.3 is 0 Å². The molecule has 1 aliphatic heterocycles. The number of hydrogen-bond donors (Lipinski definition) is 1. The number of nitrogen functional groups attached to an aromatic ring is 1. The standard InChI is InChI=1S/C12H11BrN2O2S/c1-6-4-8-9(17-3-2-16-8)5-7(6)12-15-11(14)10(13)18-12/h4-5H,2-3,14H2,1H3. The van der Waals surface area contributed by atoms with E-state index in [4.69, 9.17) is 15.2 Å². The molecule has 0 spiro atoms. The van der Waals surface area contributed by atoms with Crippen molar-refractivity contribution in [1.29, 1.82) is 0 Å². The van der Waals surface area contributed by atoms with Crippen LogP contribution in [0.1, 0.15) is 5.56 Å². The zero-order valence-electron chi connectivity index (χ0n) is 9.70. The van der Waals surface area contributed by atoms with Gasteiger partial charge in [0, 0.05) is 5.56 Å². The molecule has 2 heterocycles. The first-order valence-corrected chi connectivity index (χ1v) is 7.08. The van der Waals surface area contributed by atoms with Gasteiger partial charge in [-0.2, -0.15) is 0 Å². The Kier molecular flexibility index (Phi) is 2.91. The van der Waals surface area contributed by atoms with Crippen LogP contribution < -0.4 is 15.2 Å². The van der Waals surface area contributed by atoms with Crippen LogP contribution in [0.2, 0.25) is 0 Å². The first kappa shape index (κ1) is 11.8. The molecule has 0 saturated carbocycles. The van der Waals surface area contributed by atoms with Gasteiger partial charge in [0.05, 0.1) is 0 Å². The molecule has 18 heavy (non-hydrogen) atoms. The summed E-state index contributed by atoms with van der Waals surface area (Å²) in [6.07, 6.45) is 0. The Bertz CT molecular complexity index is 593. The molecule has 1 aliphatic rings. The van der Waals surface area contributed by atoms with Gasteiger partial charge < -0.3 is 15.2 Å². The van der Waals surface area contributed by atoms with E-state index in [1.807, 2.05) is 19.1 Å². The SMILES string of the molecule is Cc1cc2c(cc1-c1nc(N)c(Br)s1)OCCO2. The Morgan fingerprint density at radius 2 is 1.94 bits per heavy atom. The number of hydrogen-bond acceptors (Lipinski definition) is 5. The zero-order valence-corrected chi connectivity index (χ0v) is 12.1. The second kappa shape index (κ2) is 4.44. The molecule has 0 atom stereocenters. The van der Waals surface area contributed by atoms with E-state index in [2.05, 4.69) is 20.9 Å². The molecule has 2 aromatic rings. The summed E-state index contributed by atoms with van der Waals surface area (Å²) < 4.78 is 12.0. The third kappa shape index (κ3) is 1.95. The maximum absolute atomic E-state index is 5.76. The lowest BCUT2D eigenvalue weighted by molar-refractivity contribution is 0.171. The van der Waals surface area contributed by atoms with Crippen molar-refractivity contribution in [3.8, 4) is 22.1 Å². The third-order valence-electron chi connectivity index (χ3n) is 2.73. The minimum Gasteiger partial charge on any atom is -0.486 e. The fourth-order valence-corrected chi connectivity index (χ4v) is 3.19. The number of aromatic nitrogens is 1. The highest BCUT2D eigenvalue weighted by Crippen LogP contribution is 2.40. The minimum atomic E-state index is 0.518. The Balaban J connectivity index is 2.11. The number of nitrogens with two attached hydrogens (primary N) is 1. The molecule has 0 saturated heterocycles. The van der Waals surface area contributed by atoms with Crippen LogP contribution in [-0.2, 0) is 0 Å². The first-order chi connectivity index (χ1) is 8.65. The summed E-state index contributed by atoms with van der Waals surface area (Å²) >= 11 is 4.90. The summed E-state index contributed by atoms with van der Waals surface area (Å²) in [5.74, 6) is 2.09. The molecule has 1 aromatic carbocycles. The quantitative estimate of drug-likeness (QED) is 0.874. The molecule has 94 valence electrons. The van der Waals surface area contributed by atoms with Crippen molar-refractivity contribution in [1.82, 2.24) is 4.98 Å². The highest BCUT2D eigenvalue weighted by Gasteiger charge is 2.17. The monoisotopic (exact) mass is 326 g/mol. The average Bonchev–Trinajstić information content (AvgIpc) is 2.68. The molecule has 1 aromatic heterocycles.